The molecule has 0 bridgehead atoms. The Labute approximate surface area is 186 Å². The maximum absolute atomic E-state index is 13.3. The van der Waals surface area contributed by atoms with Gasteiger partial charge in [0.25, 0.3) is 5.91 Å². The van der Waals surface area contributed by atoms with Gasteiger partial charge in [0, 0.05) is 29.6 Å². The van der Waals surface area contributed by atoms with Gasteiger partial charge in [-0.15, -0.1) is 0 Å². The monoisotopic (exact) mass is 429 g/mol. The van der Waals surface area contributed by atoms with Crippen molar-refractivity contribution >= 4 is 11.6 Å². The molecule has 0 saturated heterocycles. The van der Waals surface area contributed by atoms with E-state index >= 15 is 0 Å². The van der Waals surface area contributed by atoms with Gasteiger partial charge < -0.3 is 19.5 Å². The number of nitrogens with zero attached hydrogens (tertiary/aromatic N) is 2. The van der Waals surface area contributed by atoms with E-state index in [9.17, 15) is 4.79 Å². The SMILES string of the molecule is COc1cc(NC(=O)c2cn(-c3ccccc3)nc2-c2ccccc2)cc(OC)c1OC. The minimum atomic E-state index is -0.305. The van der Waals surface area contributed by atoms with E-state index in [0.717, 1.165) is 11.3 Å². The highest BCUT2D eigenvalue weighted by Crippen LogP contribution is 2.40. The molecule has 1 N–H and O–H groups in total. The molecule has 0 atom stereocenters. The van der Waals surface area contributed by atoms with Gasteiger partial charge in [0.15, 0.2) is 11.5 Å². The van der Waals surface area contributed by atoms with E-state index in [2.05, 4.69) is 5.32 Å². The lowest BCUT2D eigenvalue weighted by Gasteiger charge is -2.14. The summed E-state index contributed by atoms with van der Waals surface area (Å²) in [5.74, 6) is 1.05. The minimum Gasteiger partial charge on any atom is -0.493 e. The highest BCUT2D eigenvalue weighted by atomic mass is 16.5. The van der Waals surface area contributed by atoms with Crippen LogP contribution in [0.5, 0.6) is 17.2 Å². The normalized spacial score (nSPS) is 10.5. The summed E-state index contributed by atoms with van der Waals surface area (Å²) >= 11 is 0. The molecule has 3 aromatic carbocycles. The van der Waals surface area contributed by atoms with Crippen molar-refractivity contribution in [1.82, 2.24) is 9.78 Å². The quantitative estimate of drug-likeness (QED) is 0.456. The van der Waals surface area contributed by atoms with Crippen LogP contribution < -0.4 is 19.5 Å². The largest absolute Gasteiger partial charge is 0.493 e. The molecular formula is C25H23N3O4. The van der Waals surface area contributed by atoms with Crippen molar-refractivity contribution in [3.8, 4) is 34.2 Å². The Kier molecular flexibility index (Phi) is 6.07. The second-order valence-electron chi connectivity index (χ2n) is 6.91. The number of anilines is 1. The van der Waals surface area contributed by atoms with Gasteiger partial charge in [-0.1, -0.05) is 48.5 Å². The van der Waals surface area contributed by atoms with Crippen LogP contribution in [0.25, 0.3) is 16.9 Å². The Morgan fingerprint density at radius 3 is 2.00 bits per heavy atom. The lowest BCUT2D eigenvalue weighted by Crippen LogP contribution is -2.12. The summed E-state index contributed by atoms with van der Waals surface area (Å²) in [6.45, 7) is 0. The van der Waals surface area contributed by atoms with Crippen LogP contribution in [0.15, 0.2) is 79.0 Å². The van der Waals surface area contributed by atoms with Crippen molar-refractivity contribution in [2.24, 2.45) is 0 Å². The van der Waals surface area contributed by atoms with Crippen LogP contribution in [0.2, 0.25) is 0 Å². The van der Waals surface area contributed by atoms with E-state index in [-0.39, 0.29) is 5.91 Å². The minimum absolute atomic E-state index is 0.305. The van der Waals surface area contributed by atoms with Crippen LogP contribution >= 0.6 is 0 Å². The Hall–Kier alpha value is -4.26. The van der Waals surface area contributed by atoms with E-state index in [0.29, 0.717) is 34.2 Å². The molecule has 0 aliphatic heterocycles. The molecular weight excluding hydrogens is 406 g/mol. The van der Waals surface area contributed by atoms with Crippen LogP contribution in [-0.2, 0) is 0 Å². The number of carbonyl (C=O) groups excluding carboxylic acids is 1. The summed E-state index contributed by atoms with van der Waals surface area (Å²) in [5.41, 5.74) is 3.23. The Balaban J connectivity index is 1.74. The average molecular weight is 429 g/mol. The molecule has 0 saturated carbocycles. The highest BCUT2D eigenvalue weighted by molar-refractivity contribution is 6.08. The molecule has 0 fully saturated rings. The van der Waals surface area contributed by atoms with E-state index in [4.69, 9.17) is 19.3 Å². The van der Waals surface area contributed by atoms with Crippen LogP contribution in [0.1, 0.15) is 10.4 Å². The molecule has 4 rings (SSSR count). The zero-order chi connectivity index (χ0) is 22.5. The average Bonchev–Trinajstić information content (AvgIpc) is 3.30. The van der Waals surface area contributed by atoms with Gasteiger partial charge in [-0.3, -0.25) is 4.79 Å². The van der Waals surface area contributed by atoms with Crippen molar-refractivity contribution < 1.29 is 19.0 Å². The zero-order valence-electron chi connectivity index (χ0n) is 18.0. The molecule has 7 nitrogen and oxygen atoms in total. The van der Waals surface area contributed by atoms with Crippen LogP contribution in [0, 0.1) is 0 Å². The first-order chi connectivity index (χ1) is 15.6. The van der Waals surface area contributed by atoms with E-state index in [1.165, 1.54) is 21.3 Å². The Bertz CT molecular complexity index is 1200. The third-order valence-corrected chi connectivity index (χ3v) is 4.95. The predicted octanol–water partition coefficient (Wildman–Crippen LogP) is 4.82. The molecule has 0 aliphatic rings. The van der Waals surface area contributed by atoms with Crippen LogP contribution in [-0.4, -0.2) is 37.0 Å². The smallest absolute Gasteiger partial charge is 0.259 e. The molecule has 0 radical (unpaired) electrons. The fraction of sp³-hybridized carbons (Fsp3) is 0.120. The van der Waals surface area contributed by atoms with E-state index in [1.807, 2.05) is 60.7 Å². The third-order valence-electron chi connectivity index (χ3n) is 4.95. The van der Waals surface area contributed by atoms with Crippen LogP contribution in [0.4, 0.5) is 5.69 Å². The second kappa shape index (κ2) is 9.26. The third kappa shape index (κ3) is 4.13. The molecule has 0 spiro atoms. The molecule has 0 aliphatic carbocycles. The Morgan fingerprint density at radius 1 is 0.844 bits per heavy atom. The fourth-order valence-electron chi connectivity index (χ4n) is 3.41. The maximum atomic E-state index is 13.3. The van der Waals surface area contributed by atoms with E-state index < -0.39 is 0 Å². The summed E-state index contributed by atoms with van der Waals surface area (Å²) in [5, 5.41) is 7.62. The van der Waals surface area contributed by atoms with Gasteiger partial charge in [-0.05, 0) is 12.1 Å². The maximum Gasteiger partial charge on any atom is 0.259 e. The van der Waals surface area contributed by atoms with Gasteiger partial charge in [0.1, 0.15) is 5.69 Å². The number of hydrogen-bond donors (Lipinski definition) is 1. The molecule has 32 heavy (non-hydrogen) atoms. The summed E-state index contributed by atoms with van der Waals surface area (Å²) in [7, 11) is 4.59. The molecule has 0 unspecified atom stereocenters. The Morgan fingerprint density at radius 2 is 1.44 bits per heavy atom. The number of hydrogen-bond acceptors (Lipinski definition) is 5. The van der Waals surface area contributed by atoms with Gasteiger partial charge >= 0.3 is 0 Å². The van der Waals surface area contributed by atoms with Crippen molar-refractivity contribution in [3.63, 3.8) is 0 Å². The highest BCUT2D eigenvalue weighted by Gasteiger charge is 2.20. The number of amides is 1. The number of carbonyl (C=O) groups is 1. The number of ether oxygens (including phenoxy) is 3. The van der Waals surface area contributed by atoms with Crippen molar-refractivity contribution in [2.75, 3.05) is 26.6 Å². The first kappa shape index (κ1) is 21.0. The van der Waals surface area contributed by atoms with Crippen LogP contribution in [0.3, 0.4) is 0 Å². The topological polar surface area (TPSA) is 74.6 Å². The van der Waals surface area contributed by atoms with Crippen molar-refractivity contribution in [1.29, 1.82) is 0 Å². The first-order valence-electron chi connectivity index (χ1n) is 9.96. The van der Waals surface area contributed by atoms with Gasteiger partial charge in [0.2, 0.25) is 5.75 Å². The molecule has 1 amide bonds. The van der Waals surface area contributed by atoms with Gasteiger partial charge in [0.05, 0.1) is 32.6 Å². The predicted molar refractivity (Wildman–Crippen MR) is 123 cm³/mol. The molecule has 162 valence electrons. The first-order valence-corrected chi connectivity index (χ1v) is 9.96. The molecule has 7 heteroatoms. The lowest BCUT2D eigenvalue weighted by molar-refractivity contribution is 0.102. The second-order valence-corrected chi connectivity index (χ2v) is 6.91. The zero-order valence-corrected chi connectivity index (χ0v) is 18.0. The fourth-order valence-corrected chi connectivity index (χ4v) is 3.41. The van der Waals surface area contributed by atoms with Crippen molar-refractivity contribution in [2.45, 2.75) is 0 Å². The van der Waals surface area contributed by atoms with Crippen molar-refractivity contribution in [3.05, 3.63) is 84.6 Å². The summed E-state index contributed by atoms with van der Waals surface area (Å²) in [6.07, 6.45) is 1.73. The number of rotatable bonds is 7. The number of aromatic nitrogens is 2. The standard InChI is InChI=1S/C25H23N3O4/c1-30-21-14-18(15-22(31-2)24(21)32-3)26-25(29)20-16-28(19-12-8-5-9-13-19)27-23(20)17-10-6-4-7-11-17/h4-16H,1-3H3,(H,26,29). The summed E-state index contributed by atoms with van der Waals surface area (Å²) < 4.78 is 17.8. The number of methoxy groups -OCH3 is 3. The summed E-state index contributed by atoms with van der Waals surface area (Å²) in [4.78, 5) is 13.3. The number of para-hydroxylation sites is 1. The van der Waals surface area contributed by atoms with Gasteiger partial charge in [-0.2, -0.15) is 5.10 Å². The molecule has 1 heterocycles. The number of benzene rings is 3. The lowest BCUT2D eigenvalue weighted by atomic mass is 10.1. The van der Waals surface area contributed by atoms with Gasteiger partial charge in [-0.25, -0.2) is 4.68 Å². The molecule has 1 aromatic heterocycles. The van der Waals surface area contributed by atoms with E-state index in [1.54, 1.807) is 23.0 Å². The molecule has 4 aromatic rings. The summed E-state index contributed by atoms with van der Waals surface area (Å²) in [6, 6.07) is 22.6. The number of nitrogens with one attached hydrogen (secondary N) is 1.